The molecule has 0 radical (unpaired) electrons. The molecule has 0 N–H and O–H groups in total. The predicted molar refractivity (Wildman–Crippen MR) is 120 cm³/mol. The van der Waals surface area contributed by atoms with Crippen LogP contribution in [0.5, 0.6) is 0 Å². The molecule has 5 rings (SSSR count). The zero-order valence-electron chi connectivity index (χ0n) is 17.9. The second-order valence-corrected chi connectivity index (χ2v) is 8.56. The van der Waals surface area contributed by atoms with Gasteiger partial charge in [-0.3, -0.25) is 4.79 Å². The van der Waals surface area contributed by atoms with E-state index < -0.39 is 0 Å². The van der Waals surface area contributed by atoms with Crippen LogP contribution in [-0.2, 0) is 19.4 Å². The molecule has 1 fully saturated rings. The van der Waals surface area contributed by atoms with Crippen molar-refractivity contribution in [3.63, 3.8) is 0 Å². The first-order valence-corrected chi connectivity index (χ1v) is 11.3. The van der Waals surface area contributed by atoms with E-state index in [-0.39, 0.29) is 11.8 Å². The zero-order chi connectivity index (χ0) is 21.0. The van der Waals surface area contributed by atoms with Crippen LogP contribution in [-0.4, -0.2) is 63.2 Å². The third-order valence-corrected chi connectivity index (χ3v) is 6.57. The van der Waals surface area contributed by atoms with Crippen molar-refractivity contribution >= 4 is 5.91 Å². The maximum Gasteiger partial charge on any atom is 0.253 e. The van der Waals surface area contributed by atoms with E-state index in [1.807, 2.05) is 35.2 Å². The lowest BCUT2D eigenvalue weighted by atomic mass is 10.1. The molecule has 2 aromatic carbocycles. The van der Waals surface area contributed by atoms with Crippen LogP contribution in [0.2, 0.25) is 0 Å². The van der Waals surface area contributed by atoms with Gasteiger partial charge in [-0.1, -0.05) is 48.5 Å². The fraction of sp³-hybridized carbons (Fsp3) is 0.400. The van der Waals surface area contributed by atoms with E-state index in [2.05, 4.69) is 50.0 Å². The minimum atomic E-state index is 0.116. The van der Waals surface area contributed by atoms with Gasteiger partial charge in [0.05, 0.1) is 0 Å². The van der Waals surface area contributed by atoms with Crippen LogP contribution in [0.1, 0.15) is 39.9 Å². The third kappa shape index (κ3) is 4.39. The molecule has 1 unspecified atom stereocenters. The van der Waals surface area contributed by atoms with E-state index in [1.165, 1.54) is 5.56 Å². The molecule has 0 bridgehead atoms. The smallest absolute Gasteiger partial charge is 0.253 e. The van der Waals surface area contributed by atoms with E-state index in [1.54, 1.807) is 0 Å². The first kappa shape index (κ1) is 19.9. The number of aromatic nitrogens is 3. The third-order valence-electron chi connectivity index (χ3n) is 6.57. The Balaban J connectivity index is 1.21. The second-order valence-electron chi connectivity index (χ2n) is 8.56. The molecule has 2 aliphatic heterocycles. The highest BCUT2D eigenvalue weighted by atomic mass is 16.2. The number of carbonyl (C=O) groups excluding carboxylic acids is 1. The molecule has 3 aromatic rings. The average molecular weight is 416 g/mol. The second kappa shape index (κ2) is 9.02. The molecule has 1 amide bonds. The molecular weight excluding hydrogens is 386 g/mol. The molecule has 0 aliphatic carbocycles. The van der Waals surface area contributed by atoms with Gasteiger partial charge in [-0.2, -0.15) is 0 Å². The first-order chi connectivity index (χ1) is 15.3. The molecule has 160 valence electrons. The van der Waals surface area contributed by atoms with Crippen LogP contribution in [0.4, 0.5) is 0 Å². The summed E-state index contributed by atoms with van der Waals surface area (Å²) in [7, 11) is 0. The topological polar surface area (TPSA) is 54.3 Å². The number of fused-ring (bicyclic) bond motifs is 1. The molecule has 0 spiro atoms. The van der Waals surface area contributed by atoms with Gasteiger partial charge < -0.3 is 14.4 Å². The summed E-state index contributed by atoms with van der Waals surface area (Å²) in [6, 6.07) is 20.3. The van der Waals surface area contributed by atoms with Gasteiger partial charge in [0, 0.05) is 57.2 Å². The van der Waals surface area contributed by atoms with Gasteiger partial charge >= 0.3 is 0 Å². The summed E-state index contributed by atoms with van der Waals surface area (Å²) < 4.78 is 2.32. The van der Waals surface area contributed by atoms with Gasteiger partial charge in [0.1, 0.15) is 11.6 Å². The Labute approximate surface area is 183 Å². The SMILES string of the molecule is O=C(c1ccccc1)N1CCC(c2nnc3n2CCN(CCc2ccccc2)CC3)C1. The number of hydrogen-bond donors (Lipinski definition) is 0. The van der Waals surface area contributed by atoms with E-state index in [0.717, 1.165) is 75.7 Å². The molecule has 6 nitrogen and oxygen atoms in total. The Kier molecular flexibility index (Phi) is 5.80. The van der Waals surface area contributed by atoms with E-state index >= 15 is 0 Å². The summed E-state index contributed by atoms with van der Waals surface area (Å²) in [4.78, 5) is 17.3. The molecule has 1 atom stereocenters. The Morgan fingerprint density at radius 1 is 0.903 bits per heavy atom. The van der Waals surface area contributed by atoms with Gasteiger partial charge in [-0.05, 0) is 30.5 Å². The summed E-state index contributed by atoms with van der Waals surface area (Å²) in [5, 5.41) is 9.09. The van der Waals surface area contributed by atoms with E-state index in [0.29, 0.717) is 0 Å². The number of carbonyl (C=O) groups is 1. The molecule has 31 heavy (non-hydrogen) atoms. The van der Waals surface area contributed by atoms with Crippen LogP contribution < -0.4 is 0 Å². The quantitative estimate of drug-likeness (QED) is 0.643. The Morgan fingerprint density at radius 2 is 1.68 bits per heavy atom. The van der Waals surface area contributed by atoms with Gasteiger partial charge in [-0.25, -0.2) is 0 Å². The van der Waals surface area contributed by atoms with Gasteiger partial charge in [0.25, 0.3) is 5.91 Å². The highest BCUT2D eigenvalue weighted by molar-refractivity contribution is 5.94. The van der Waals surface area contributed by atoms with E-state index in [4.69, 9.17) is 0 Å². The molecule has 1 saturated heterocycles. The van der Waals surface area contributed by atoms with Crippen LogP contribution >= 0.6 is 0 Å². The van der Waals surface area contributed by atoms with Gasteiger partial charge in [0.2, 0.25) is 0 Å². The average Bonchev–Trinajstić information content (AvgIpc) is 3.42. The van der Waals surface area contributed by atoms with Crippen molar-refractivity contribution in [2.24, 2.45) is 0 Å². The summed E-state index contributed by atoms with van der Waals surface area (Å²) in [5.74, 6) is 2.53. The molecule has 2 aliphatic rings. The predicted octanol–water partition coefficient (Wildman–Crippen LogP) is 3.01. The number of hydrogen-bond acceptors (Lipinski definition) is 4. The molecule has 3 heterocycles. The van der Waals surface area contributed by atoms with Gasteiger partial charge in [-0.15, -0.1) is 10.2 Å². The first-order valence-electron chi connectivity index (χ1n) is 11.3. The van der Waals surface area contributed by atoms with Crippen molar-refractivity contribution < 1.29 is 4.79 Å². The lowest BCUT2D eigenvalue weighted by Gasteiger charge is -2.20. The molecule has 0 saturated carbocycles. The Hall–Kier alpha value is -2.99. The Bertz CT molecular complexity index is 1020. The van der Waals surface area contributed by atoms with Gasteiger partial charge in [0.15, 0.2) is 0 Å². The number of amides is 1. The van der Waals surface area contributed by atoms with Crippen molar-refractivity contribution in [1.29, 1.82) is 0 Å². The number of nitrogens with zero attached hydrogens (tertiary/aromatic N) is 5. The fourth-order valence-electron chi connectivity index (χ4n) is 4.77. The Morgan fingerprint density at radius 3 is 2.48 bits per heavy atom. The largest absolute Gasteiger partial charge is 0.338 e. The maximum atomic E-state index is 12.8. The van der Waals surface area contributed by atoms with Crippen molar-refractivity contribution in [3.05, 3.63) is 83.4 Å². The summed E-state index contributed by atoms with van der Waals surface area (Å²) >= 11 is 0. The van der Waals surface area contributed by atoms with Crippen molar-refractivity contribution in [3.8, 4) is 0 Å². The zero-order valence-corrected chi connectivity index (χ0v) is 17.9. The molecule has 6 heteroatoms. The lowest BCUT2D eigenvalue weighted by Crippen LogP contribution is -2.30. The minimum Gasteiger partial charge on any atom is -0.338 e. The van der Waals surface area contributed by atoms with Crippen LogP contribution in [0.3, 0.4) is 0 Å². The molecule has 1 aromatic heterocycles. The normalized spacial score (nSPS) is 19.2. The number of benzene rings is 2. The highest BCUT2D eigenvalue weighted by Crippen LogP contribution is 2.28. The molecular formula is C25H29N5O. The maximum absolute atomic E-state index is 12.8. The van der Waals surface area contributed by atoms with Crippen LogP contribution in [0, 0.1) is 0 Å². The standard InChI is InChI=1S/C25H29N5O/c31-25(21-9-5-2-6-10-21)29-16-12-22(19-29)24-27-26-23-13-15-28(17-18-30(23)24)14-11-20-7-3-1-4-8-20/h1-10,22H,11-19H2. The number of likely N-dealkylation sites (tertiary alicyclic amines) is 1. The summed E-state index contributed by atoms with van der Waals surface area (Å²) in [6.45, 7) is 5.54. The van der Waals surface area contributed by atoms with E-state index in [9.17, 15) is 4.79 Å². The highest BCUT2D eigenvalue weighted by Gasteiger charge is 2.32. The lowest BCUT2D eigenvalue weighted by molar-refractivity contribution is 0.0790. The summed E-state index contributed by atoms with van der Waals surface area (Å²) in [5.41, 5.74) is 2.15. The van der Waals surface area contributed by atoms with Crippen molar-refractivity contribution in [2.45, 2.75) is 31.7 Å². The van der Waals surface area contributed by atoms with Crippen LogP contribution in [0.25, 0.3) is 0 Å². The van der Waals surface area contributed by atoms with Crippen molar-refractivity contribution in [2.75, 3.05) is 32.7 Å². The number of rotatable bonds is 5. The van der Waals surface area contributed by atoms with Crippen LogP contribution in [0.15, 0.2) is 60.7 Å². The summed E-state index contributed by atoms with van der Waals surface area (Å²) in [6.07, 6.45) is 2.96. The fourth-order valence-corrected chi connectivity index (χ4v) is 4.77. The van der Waals surface area contributed by atoms with Crippen molar-refractivity contribution in [1.82, 2.24) is 24.6 Å². The monoisotopic (exact) mass is 415 g/mol. The minimum absolute atomic E-state index is 0.116.